The molecule has 10 heteroatoms. The Morgan fingerprint density at radius 2 is 1.47 bits per heavy atom. The third-order valence-electron chi connectivity index (χ3n) is 1.16. The zero-order valence-corrected chi connectivity index (χ0v) is 15.3. The van der Waals surface area contributed by atoms with E-state index in [1.807, 2.05) is 30.3 Å². The molecule has 0 aliphatic carbocycles. The molecular weight excluding hydrogens is 288 g/mol. The van der Waals surface area contributed by atoms with Gasteiger partial charge in [-0.1, -0.05) is 30.3 Å². The van der Waals surface area contributed by atoms with E-state index in [4.69, 9.17) is 5.11 Å². The van der Waals surface area contributed by atoms with Crippen molar-refractivity contribution >= 4 is 16.5 Å². The van der Waals surface area contributed by atoms with Crippen molar-refractivity contribution in [2.75, 3.05) is 0 Å². The second kappa shape index (κ2) is 15.3. The quantitative estimate of drug-likeness (QED) is 0.439. The summed E-state index contributed by atoms with van der Waals surface area (Å²) >= 11 is 0. The first-order valence-electron chi connectivity index (χ1n) is 3.68. The van der Waals surface area contributed by atoms with Gasteiger partial charge < -0.3 is 14.9 Å². The normalized spacial score (nSPS) is 9.82. The van der Waals surface area contributed by atoms with Crippen molar-refractivity contribution in [1.82, 2.24) is 0 Å². The van der Waals surface area contributed by atoms with E-state index in [0.717, 1.165) is 5.56 Å². The molecule has 1 rings (SSSR count). The molecule has 17 heavy (non-hydrogen) atoms. The van der Waals surface area contributed by atoms with Crippen LogP contribution in [0.2, 0.25) is 0 Å². The predicted octanol–water partition coefficient (Wildman–Crippen LogP) is -5.77. The van der Waals surface area contributed by atoms with Gasteiger partial charge in [0.2, 0.25) is 0 Å². The van der Waals surface area contributed by atoms with E-state index < -0.39 is 16.5 Å². The summed E-state index contributed by atoms with van der Waals surface area (Å²) in [6, 6.07) is 9.52. The van der Waals surface area contributed by atoms with E-state index in [1.165, 1.54) is 0 Å². The second-order valence-corrected chi connectivity index (χ2v) is 3.72. The van der Waals surface area contributed by atoms with Crippen LogP contribution in [-0.2, 0) is 20.0 Å². The van der Waals surface area contributed by atoms with Gasteiger partial charge in [-0.15, -0.1) is 0 Å². The van der Waals surface area contributed by atoms with Gasteiger partial charge in [0.15, 0.2) is 0 Å². The molecule has 2 unspecified atom stereocenters. The first kappa shape index (κ1) is 23.4. The van der Waals surface area contributed by atoms with Gasteiger partial charge in [0.1, 0.15) is 4.31 Å². The van der Waals surface area contributed by atoms with E-state index >= 15 is 0 Å². The summed E-state index contributed by atoms with van der Waals surface area (Å²) in [7, 11) is -6.47. The van der Waals surface area contributed by atoms with Gasteiger partial charge in [0.25, 0.3) is 0 Å². The van der Waals surface area contributed by atoms with Crippen molar-refractivity contribution in [3.05, 3.63) is 35.9 Å². The maximum Gasteiger partial charge on any atom is 1.00 e. The average Bonchev–Trinajstić information content (AvgIpc) is 2.18. The summed E-state index contributed by atoms with van der Waals surface area (Å²) in [5, 5.41) is 8.54. The Kier molecular flexibility index (Phi) is 21.0. The largest absolute Gasteiger partial charge is 1.00 e. The van der Waals surface area contributed by atoms with Crippen LogP contribution < -0.4 is 68.9 Å². The molecule has 1 aromatic carbocycles. The SMILES string of the molecule is O=[P+]([O-])O[P+](=O)[O-].OCc1ccccc1.[Na+].[Na+]. The topological polar surface area (TPSA) is 110 Å². The van der Waals surface area contributed by atoms with Crippen LogP contribution in [0.4, 0.5) is 0 Å². The molecule has 0 saturated heterocycles. The van der Waals surface area contributed by atoms with Crippen LogP contribution in [0.1, 0.15) is 5.56 Å². The summed E-state index contributed by atoms with van der Waals surface area (Å²) in [5.41, 5.74) is 0.965. The molecule has 2 atom stereocenters. The molecule has 0 aliphatic heterocycles. The molecule has 0 saturated carbocycles. The molecule has 0 radical (unpaired) electrons. The first-order chi connectivity index (χ1) is 7.06. The molecule has 0 spiro atoms. The molecule has 0 aromatic heterocycles. The number of hydrogen-bond acceptors (Lipinski definition) is 6. The van der Waals surface area contributed by atoms with Crippen LogP contribution in [-0.4, -0.2) is 5.11 Å². The van der Waals surface area contributed by atoms with Crippen LogP contribution in [0.5, 0.6) is 0 Å². The molecule has 0 heterocycles. The van der Waals surface area contributed by atoms with E-state index in [1.54, 1.807) is 0 Å². The van der Waals surface area contributed by atoms with Crippen molar-refractivity contribution in [2.24, 2.45) is 0 Å². The fourth-order valence-electron chi connectivity index (χ4n) is 0.638. The third-order valence-corrected chi connectivity index (χ3v) is 2.23. The van der Waals surface area contributed by atoms with Crippen molar-refractivity contribution in [1.29, 1.82) is 0 Å². The fourth-order valence-corrected chi connectivity index (χ4v) is 1.07. The molecular formula is C7H8Na2O6P2+2. The maximum atomic E-state index is 9.24. The van der Waals surface area contributed by atoms with Gasteiger partial charge in [0.05, 0.1) is 6.61 Å². The van der Waals surface area contributed by atoms with Crippen LogP contribution >= 0.6 is 16.5 Å². The summed E-state index contributed by atoms with van der Waals surface area (Å²) in [6.45, 7) is 0.140. The number of rotatable bonds is 3. The van der Waals surface area contributed by atoms with Gasteiger partial charge >= 0.3 is 75.6 Å². The minimum Gasteiger partial charge on any atom is -0.563 e. The van der Waals surface area contributed by atoms with Crippen LogP contribution in [0, 0.1) is 0 Å². The predicted molar refractivity (Wildman–Crippen MR) is 48.7 cm³/mol. The van der Waals surface area contributed by atoms with E-state index in [2.05, 4.69) is 4.31 Å². The van der Waals surface area contributed by atoms with Crippen molar-refractivity contribution in [2.45, 2.75) is 6.61 Å². The zero-order valence-electron chi connectivity index (χ0n) is 9.48. The standard InChI is InChI=1S/C7H8O.2Na.O5P2/c8-6-7-4-2-1-3-5-7;;;1-6(2)5-7(3)4/h1-5,8H,6H2;;;/q;2*+1;. The Balaban J connectivity index is -0.000000208. The Morgan fingerprint density at radius 1 is 1.06 bits per heavy atom. The molecule has 6 nitrogen and oxygen atoms in total. The molecule has 0 aliphatic rings. The van der Waals surface area contributed by atoms with Gasteiger partial charge in [-0.05, 0) is 14.7 Å². The Morgan fingerprint density at radius 3 is 1.65 bits per heavy atom. The number of aliphatic hydroxyl groups is 1. The van der Waals surface area contributed by atoms with Crippen LogP contribution in [0.3, 0.4) is 0 Å². The monoisotopic (exact) mass is 296 g/mol. The molecule has 1 N–H and O–H groups in total. The minimum absolute atomic E-state index is 0. The smallest absolute Gasteiger partial charge is 0.563 e. The average molecular weight is 296 g/mol. The molecule has 0 bridgehead atoms. The van der Waals surface area contributed by atoms with Crippen LogP contribution in [0.25, 0.3) is 0 Å². The Hall–Kier alpha value is 1.26. The fraction of sp³-hybridized carbons (Fsp3) is 0.143. The van der Waals surface area contributed by atoms with Crippen LogP contribution in [0.15, 0.2) is 30.3 Å². The summed E-state index contributed by atoms with van der Waals surface area (Å²) in [6.07, 6.45) is 0. The second-order valence-electron chi connectivity index (χ2n) is 2.17. The van der Waals surface area contributed by atoms with E-state index in [0.29, 0.717) is 0 Å². The Bertz CT molecular complexity index is 311. The molecule has 82 valence electrons. The van der Waals surface area contributed by atoms with Crippen molar-refractivity contribution in [3.8, 4) is 0 Å². The first-order valence-corrected chi connectivity index (χ1v) is 5.87. The van der Waals surface area contributed by atoms with E-state index in [9.17, 15) is 18.9 Å². The zero-order chi connectivity index (χ0) is 11.7. The van der Waals surface area contributed by atoms with Gasteiger partial charge in [-0.2, -0.15) is 0 Å². The molecule has 1 aromatic rings. The van der Waals surface area contributed by atoms with Gasteiger partial charge in [-0.3, -0.25) is 0 Å². The van der Waals surface area contributed by atoms with Crippen molar-refractivity contribution < 1.29 is 87.4 Å². The third kappa shape index (κ3) is 17.3. The summed E-state index contributed by atoms with van der Waals surface area (Å²) < 4.78 is 21.6. The van der Waals surface area contributed by atoms with Gasteiger partial charge in [0, 0.05) is 0 Å². The maximum absolute atomic E-state index is 9.24. The number of hydrogen-bond donors (Lipinski definition) is 1. The van der Waals surface area contributed by atoms with Gasteiger partial charge in [-0.25, -0.2) is 0 Å². The number of aliphatic hydroxyl groups excluding tert-OH is 1. The minimum atomic E-state index is -3.24. The Labute approximate surface area is 145 Å². The summed E-state index contributed by atoms with van der Waals surface area (Å²) in [5.74, 6) is 0. The molecule has 0 amide bonds. The molecule has 0 fully saturated rings. The van der Waals surface area contributed by atoms with Crippen molar-refractivity contribution in [3.63, 3.8) is 0 Å². The number of benzene rings is 1. The summed E-state index contributed by atoms with van der Waals surface area (Å²) in [4.78, 5) is 18.5. The van der Waals surface area contributed by atoms with E-state index in [-0.39, 0.29) is 65.7 Å².